The molecule has 0 unspecified atom stereocenters. The summed E-state index contributed by atoms with van der Waals surface area (Å²) in [5.41, 5.74) is 4.11. The van der Waals surface area contributed by atoms with Crippen molar-refractivity contribution in [3.8, 4) is 5.75 Å². The van der Waals surface area contributed by atoms with Crippen molar-refractivity contribution < 1.29 is 13.9 Å². The molecule has 0 spiro atoms. The van der Waals surface area contributed by atoms with Crippen LogP contribution in [0.15, 0.2) is 78.9 Å². The number of nitrogens with one attached hydrogen (secondary N) is 1. The van der Waals surface area contributed by atoms with E-state index in [0.717, 1.165) is 55.0 Å². The van der Waals surface area contributed by atoms with Crippen molar-refractivity contribution in [1.82, 2.24) is 9.47 Å². The van der Waals surface area contributed by atoms with Crippen LogP contribution in [0.2, 0.25) is 0 Å². The Labute approximate surface area is 211 Å². The zero-order chi connectivity index (χ0) is 24.9. The number of piperidine rings is 1. The van der Waals surface area contributed by atoms with Crippen LogP contribution in [-0.4, -0.2) is 35.1 Å². The van der Waals surface area contributed by atoms with Gasteiger partial charge in [0.2, 0.25) is 5.91 Å². The number of benzene rings is 3. The number of carbonyl (C=O) groups excluding carboxylic acids is 1. The smallest absolute Gasteiger partial charge is 0.227 e. The normalized spacial score (nSPS) is 14.7. The van der Waals surface area contributed by atoms with E-state index >= 15 is 0 Å². The van der Waals surface area contributed by atoms with Gasteiger partial charge in [-0.1, -0.05) is 30.3 Å². The lowest BCUT2D eigenvalue weighted by Crippen LogP contribution is -2.38. The number of hydrogen-bond acceptors (Lipinski definition) is 3. The lowest BCUT2D eigenvalue weighted by Gasteiger charge is -2.31. The molecule has 36 heavy (non-hydrogen) atoms. The van der Waals surface area contributed by atoms with Gasteiger partial charge in [0.1, 0.15) is 11.6 Å². The van der Waals surface area contributed by atoms with Gasteiger partial charge in [0, 0.05) is 35.9 Å². The van der Waals surface area contributed by atoms with Gasteiger partial charge in [0.25, 0.3) is 0 Å². The third-order valence-electron chi connectivity index (χ3n) is 6.90. The Morgan fingerprint density at radius 1 is 0.972 bits per heavy atom. The Morgan fingerprint density at radius 3 is 2.50 bits per heavy atom. The fourth-order valence-electron chi connectivity index (χ4n) is 5.03. The molecule has 5 rings (SSSR count). The van der Waals surface area contributed by atoms with Gasteiger partial charge in [-0.2, -0.15) is 0 Å². The SMILES string of the molecule is CCOc1ccc(NC(=O)C2CCN(Cc3cc4ccccc4n3Cc3cccc(F)c3)CC2)cc1. The highest BCUT2D eigenvalue weighted by atomic mass is 19.1. The Hall–Kier alpha value is -3.64. The van der Waals surface area contributed by atoms with Crippen LogP contribution in [0.4, 0.5) is 10.1 Å². The maximum atomic E-state index is 13.8. The van der Waals surface area contributed by atoms with E-state index in [1.807, 2.05) is 49.4 Å². The summed E-state index contributed by atoms with van der Waals surface area (Å²) in [4.78, 5) is 15.3. The van der Waals surface area contributed by atoms with Crippen LogP contribution in [0.3, 0.4) is 0 Å². The number of fused-ring (bicyclic) bond motifs is 1. The largest absolute Gasteiger partial charge is 0.494 e. The molecule has 0 aliphatic carbocycles. The molecule has 4 aromatic rings. The number of carbonyl (C=O) groups is 1. The van der Waals surface area contributed by atoms with Crippen LogP contribution in [0, 0.1) is 11.7 Å². The van der Waals surface area contributed by atoms with E-state index in [9.17, 15) is 9.18 Å². The minimum absolute atomic E-state index is 0.00553. The second kappa shape index (κ2) is 11.0. The second-order valence-electron chi connectivity index (χ2n) is 9.41. The number of amides is 1. The number of aromatic nitrogens is 1. The van der Waals surface area contributed by atoms with Gasteiger partial charge in [0.15, 0.2) is 0 Å². The second-order valence-corrected chi connectivity index (χ2v) is 9.41. The van der Waals surface area contributed by atoms with Gasteiger partial charge >= 0.3 is 0 Å². The fraction of sp³-hybridized carbons (Fsp3) is 0.300. The van der Waals surface area contributed by atoms with Crippen molar-refractivity contribution in [1.29, 1.82) is 0 Å². The molecule has 1 saturated heterocycles. The first-order valence-electron chi connectivity index (χ1n) is 12.7. The van der Waals surface area contributed by atoms with Gasteiger partial charge in [-0.3, -0.25) is 9.69 Å². The number of para-hydroxylation sites is 1. The molecule has 5 nitrogen and oxygen atoms in total. The molecule has 0 saturated carbocycles. The van der Waals surface area contributed by atoms with Crippen LogP contribution in [-0.2, 0) is 17.9 Å². The summed E-state index contributed by atoms with van der Waals surface area (Å²) in [7, 11) is 0. The van der Waals surface area contributed by atoms with Crippen LogP contribution in [0.25, 0.3) is 10.9 Å². The van der Waals surface area contributed by atoms with Crippen molar-refractivity contribution in [2.24, 2.45) is 5.92 Å². The molecule has 0 atom stereocenters. The molecule has 0 radical (unpaired) electrons. The van der Waals surface area contributed by atoms with Crippen molar-refractivity contribution in [2.45, 2.75) is 32.9 Å². The molecular formula is C30H32FN3O2. The van der Waals surface area contributed by atoms with Gasteiger partial charge < -0.3 is 14.6 Å². The van der Waals surface area contributed by atoms with Crippen LogP contribution in [0.5, 0.6) is 5.75 Å². The van der Waals surface area contributed by atoms with Crippen molar-refractivity contribution in [2.75, 3.05) is 25.0 Å². The summed E-state index contributed by atoms with van der Waals surface area (Å²) in [6.45, 7) is 5.73. The summed E-state index contributed by atoms with van der Waals surface area (Å²) in [6, 6.07) is 24.9. The van der Waals surface area contributed by atoms with Gasteiger partial charge in [-0.25, -0.2) is 4.39 Å². The molecular weight excluding hydrogens is 453 g/mol. The van der Waals surface area contributed by atoms with E-state index < -0.39 is 0 Å². The Balaban J connectivity index is 1.22. The number of likely N-dealkylation sites (tertiary alicyclic amines) is 1. The molecule has 0 bridgehead atoms. The van der Waals surface area contributed by atoms with E-state index in [1.165, 1.54) is 17.1 Å². The predicted octanol–water partition coefficient (Wildman–Crippen LogP) is 6.08. The summed E-state index contributed by atoms with van der Waals surface area (Å²) in [6.07, 6.45) is 1.65. The average molecular weight is 486 g/mol. The van der Waals surface area contributed by atoms with Crippen molar-refractivity contribution in [3.63, 3.8) is 0 Å². The maximum absolute atomic E-state index is 13.8. The first-order valence-corrected chi connectivity index (χ1v) is 12.7. The fourth-order valence-corrected chi connectivity index (χ4v) is 5.03. The van der Waals surface area contributed by atoms with Gasteiger partial charge in [-0.15, -0.1) is 0 Å². The van der Waals surface area contributed by atoms with Crippen molar-refractivity contribution >= 4 is 22.5 Å². The van der Waals surface area contributed by atoms with Crippen LogP contribution < -0.4 is 10.1 Å². The number of ether oxygens (including phenoxy) is 1. The molecule has 3 aromatic carbocycles. The lowest BCUT2D eigenvalue weighted by molar-refractivity contribution is -0.121. The maximum Gasteiger partial charge on any atom is 0.227 e. The monoisotopic (exact) mass is 485 g/mol. The highest BCUT2D eigenvalue weighted by Crippen LogP contribution is 2.26. The summed E-state index contributed by atoms with van der Waals surface area (Å²) >= 11 is 0. The molecule has 2 heterocycles. The molecule has 1 aromatic heterocycles. The molecule has 1 fully saturated rings. The number of anilines is 1. The Bertz CT molecular complexity index is 1320. The highest BCUT2D eigenvalue weighted by molar-refractivity contribution is 5.92. The molecule has 1 aliphatic rings. The zero-order valence-electron chi connectivity index (χ0n) is 20.6. The van der Waals surface area contributed by atoms with Crippen LogP contribution >= 0.6 is 0 Å². The number of rotatable bonds is 8. The minimum Gasteiger partial charge on any atom is -0.494 e. The Kier molecular flexibility index (Phi) is 7.33. The third kappa shape index (κ3) is 5.60. The van der Waals surface area contributed by atoms with Gasteiger partial charge in [0.05, 0.1) is 6.61 Å². The zero-order valence-corrected chi connectivity index (χ0v) is 20.6. The summed E-state index contributed by atoms with van der Waals surface area (Å²) in [5, 5.41) is 4.24. The average Bonchev–Trinajstić information content (AvgIpc) is 3.22. The van der Waals surface area contributed by atoms with E-state index in [0.29, 0.717) is 13.2 Å². The molecule has 186 valence electrons. The first kappa shape index (κ1) is 24.1. The molecule has 6 heteroatoms. The number of halogens is 1. The number of nitrogens with zero attached hydrogens (tertiary/aromatic N) is 2. The molecule has 1 aliphatic heterocycles. The van der Waals surface area contributed by atoms with Gasteiger partial charge in [-0.05, 0) is 92.3 Å². The quantitative estimate of drug-likeness (QED) is 0.329. The lowest BCUT2D eigenvalue weighted by atomic mass is 9.95. The van der Waals surface area contributed by atoms with E-state index in [2.05, 4.69) is 33.0 Å². The van der Waals surface area contributed by atoms with E-state index in [4.69, 9.17) is 4.74 Å². The Morgan fingerprint density at radius 2 is 1.75 bits per heavy atom. The topological polar surface area (TPSA) is 46.5 Å². The summed E-state index contributed by atoms with van der Waals surface area (Å²) < 4.78 is 21.6. The highest BCUT2D eigenvalue weighted by Gasteiger charge is 2.26. The predicted molar refractivity (Wildman–Crippen MR) is 142 cm³/mol. The van der Waals surface area contributed by atoms with Crippen LogP contribution in [0.1, 0.15) is 31.0 Å². The minimum atomic E-state index is -0.212. The standard InChI is InChI=1S/C30H32FN3O2/c1-2-36-28-12-10-26(11-13-28)32-30(35)23-14-16-33(17-15-23)21-27-19-24-7-3-4-9-29(24)34(27)20-22-6-5-8-25(31)18-22/h3-13,18-19,23H,2,14-17,20-21H2,1H3,(H,32,35). The van der Waals surface area contributed by atoms with E-state index in [1.54, 1.807) is 12.1 Å². The summed E-state index contributed by atoms with van der Waals surface area (Å²) in [5.74, 6) is 0.680. The first-order chi connectivity index (χ1) is 17.6. The number of hydrogen-bond donors (Lipinski definition) is 1. The molecule has 1 N–H and O–H groups in total. The van der Waals surface area contributed by atoms with Crippen molar-refractivity contribution in [3.05, 3.63) is 95.9 Å². The van der Waals surface area contributed by atoms with E-state index in [-0.39, 0.29) is 17.6 Å². The third-order valence-corrected chi connectivity index (χ3v) is 6.90. The molecule has 1 amide bonds.